The van der Waals surface area contributed by atoms with Crippen LogP contribution in [0.15, 0.2) is 18.2 Å². The highest BCUT2D eigenvalue weighted by Gasteiger charge is 2.20. The second kappa shape index (κ2) is 5.73. The van der Waals surface area contributed by atoms with Crippen LogP contribution in [0.25, 0.3) is 0 Å². The van der Waals surface area contributed by atoms with Crippen LogP contribution in [0, 0.1) is 0 Å². The van der Waals surface area contributed by atoms with Gasteiger partial charge in [-0.2, -0.15) is 0 Å². The molecule has 1 aromatic rings. The van der Waals surface area contributed by atoms with Crippen LogP contribution >= 0.6 is 0 Å². The smallest absolute Gasteiger partial charge is 0.255 e. The molecule has 1 amide bonds. The number of aliphatic hydroxyl groups is 1. The monoisotopic (exact) mass is 250 g/mol. The standard InChI is InChI=1S/C13H18N2O3/c1-2-9(8-16)15-13(17)10-4-3-5-11-12(10)18-7-6-14-11/h3-5,9,14,16H,2,6-8H2,1H3,(H,15,17). The molecule has 1 atom stereocenters. The zero-order valence-electron chi connectivity index (χ0n) is 10.4. The van der Waals surface area contributed by atoms with Gasteiger partial charge in [0.1, 0.15) is 6.61 Å². The van der Waals surface area contributed by atoms with E-state index in [1.807, 2.05) is 19.1 Å². The van der Waals surface area contributed by atoms with Crippen molar-refractivity contribution in [1.29, 1.82) is 0 Å². The Hall–Kier alpha value is -1.75. The van der Waals surface area contributed by atoms with E-state index >= 15 is 0 Å². The number of carbonyl (C=O) groups excluding carboxylic acids is 1. The maximum Gasteiger partial charge on any atom is 0.255 e. The van der Waals surface area contributed by atoms with Crippen LogP contribution in [-0.2, 0) is 0 Å². The van der Waals surface area contributed by atoms with Gasteiger partial charge in [0.05, 0.1) is 23.9 Å². The van der Waals surface area contributed by atoms with Crippen LogP contribution in [0.1, 0.15) is 23.7 Å². The molecule has 0 aromatic heterocycles. The summed E-state index contributed by atoms with van der Waals surface area (Å²) in [6, 6.07) is 5.21. The van der Waals surface area contributed by atoms with Gasteiger partial charge in [-0.15, -0.1) is 0 Å². The van der Waals surface area contributed by atoms with Gasteiger partial charge in [-0.05, 0) is 18.6 Å². The molecule has 98 valence electrons. The van der Waals surface area contributed by atoms with E-state index in [1.54, 1.807) is 6.07 Å². The third-order valence-corrected chi connectivity index (χ3v) is 2.97. The maximum atomic E-state index is 12.1. The van der Waals surface area contributed by atoms with E-state index in [0.717, 1.165) is 12.2 Å². The van der Waals surface area contributed by atoms with Crippen molar-refractivity contribution in [2.45, 2.75) is 19.4 Å². The molecule has 0 radical (unpaired) electrons. The zero-order chi connectivity index (χ0) is 13.0. The van der Waals surface area contributed by atoms with E-state index in [1.165, 1.54) is 0 Å². The highest BCUT2D eigenvalue weighted by molar-refractivity contribution is 5.99. The first kappa shape index (κ1) is 12.7. The largest absolute Gasteiger partial charge is 0.489 e. The van der Waals surface area contributed by atoms with Crippen LogP contribution in [0.3, 0.4) is 0 Å². The molecule has 0 fully saturated rings. The SMILES string of the molecule is CCC(CO)NC(=O)c1cccc2c1OCCN2. The fraction of sp³-hybridized carbons (Fsp3) is 0.462. The number of aliphatic hydroxyl groups excluding tert-OH is 1. The Bertz CT molecular complexity index is 430. The summed E-state index contributed by atoms with van der Waals surface area (Å²) in [5, 5.41) is 15.1. The normalized spacial score (nSPS) is 15.0. The van der Waals surface area contributed by atoms with Crippen molar-refractivity contribution in [3.8, 4) is 5.75 Å². The average molecular weight is 250 g/mol. The number of amides is 1. The molecule has 1 aromatic carbocycles. The maximum absolute atomic E-state index is 12.1. The summed E-state index contributed by atoms with van der Waals surface area (Å²) < 4.78 is 5.54. The summed E-state index contributed by atoms with van der Waals surface area (Å²) in [6.45, 7) is 3.15. The van der Waals surface area contributed by atoms with Crippen LogP contribution in [0.5, 0.6) is 5.75 Å². The lowest BCUT2D eigenvalue weighted by Gasteiger charge is -2.22. The van der Waals surface area contributed by atoms with Crippen LogP contribution in [-0.4, -0.2) is 36.8 Å². The number of hydrogen-bond donors (Lipinski definition) is 3. The molecule has 5 nitrogen and oxygen atoms in total. The fourth-order valence-electron chi connectivity index (χ4n) is 1.89. The Labute approximate surface area is 106 Å². The number of carbonyl (C=O) groups is 1. The molecular formula is C13H18N2O3. The zero-order valence-corrected chi connectivity index (χ0v) is 10.4. The predicted octanol–water partition coefficient (Wildman–Crippen LogP) is 0.992. The molecule has 0 saturated heterocycles. The summed E-state index contributed by atoms with van der Waals surface area (Å²) in [5.41, 5.74) is 1.34. The lowest BCUT2D eigenvalue weighted by molar-refractivity contribution is 0.0911. The minimum Gasteiger partial charge on any atom is -0.489 e. The van der Waals surface area contributed by atoms with Crippen LogP contribution in [0.2, 0.25) is 0 Å². The van der Waals surface area contributed by atoms with Gasteiger partial charge in [-0.1, -0.05) is 13.0 Å². The molecule has 2 rings (SSSR count). The first-order valence-corrected chi connectivity index (χ1v) is 6.17. The van der Waals surface area contributed by atoms with Gasteiger partial charge in [-0.3, -0.25) is 4.79 Å². The van der Waals surface area contributed by atoms with Gasteiger partial charge in [0, 0.05) is 6.54 Å². The molecule has 0 aliphatic carbocycles. The van der Waals surface area contributed by atoms with E-state index in [2.05, 4.69) is 10.6 Å². The highest BCUT2D eigenvalue weighted by Crippen LogP contribution is 2.31. The summed E-state index contributed by atoms with van der Waals surface area (Å²) in [4.78, 5) is 12.1. The van der Waals surface area contributed by atoms with Gasteiger partial charge in [0.15, 0.2) is 5.75 Å². The number of anilines is 1. The molecule has 18 heavy (non-hydrogen) atoms. The number of nitrogens with one attached hydrogen (secondary N) is 2. The topological polar surface area (TPSA) is 70.6 Å². The van der Waals surface area contributed by atoms with E-state index < -0.39 is 0 Å². The van der Waals surface area contributed by atoms with E-state index in [-0.39, 0.29) is 18.6 Å². The Morgan fingerprint density at radius 1 is 1.61 bits per heavy atom. The van der Waals surface area contributed by atoms with Gasteiger partial charge < -0.3 is 20.5 Å². The lowest BCUT2D eigenvalue weighted by Crippen LogP contribution is -2.37. The van der Waals surface area contributed by atoms with Gasteiger partial charge in [0.2, 0.25) is 0 Å². The molecule has 3 N–H and O–H groups in total. The Balaban J connectivity index is 2.20. The molecule has 5 heteroatoms. The minimum atomic E-state index is -0.218. The first-order valence-electron chi connectivity index (χ1n) is 6.17. The predicted molar refractivity (Wildman–Crippen MR) is 69.1 cm³/mol. The highest BCUT2D eigenvalue weighted by atomic mass is 16.5. The van der Waals surface area contributed by atoms with Crippen molar-refractivity contribution in [2.75, 3.05) is 25.1 Å². The quantitative estimate of drug-likeness (QED) is 0.745. The van der Waals surface area contributed by atoms with Crippen molar-refractivity contribution in [2.24, 2.45) is 0 Å². The van der Waals surface area contributed by atoms with Crippen molar-refractivity contribution >= 4 is 11.6 Å². The van der Waals surface area contributed by atoms with Gasteiger partial charge in [-0.25, -0.2) is 0 Å². The summed E-state index contributed by atoms with van der Waals surface area (Å²) in [5.74, 6) is 0.380. The van der Waals surface area contributed by atoms with Crippen molar-refractivity contribution in [3.63, 3.8) is 0 Å². The van der Waals surface area contributed by atoms with Gasteiger partial charge >= 0.3 is 0 Å². The number of fused-ring (bicyclic) bond motifs is 1. The molecule has 1 unspecified atom stereocenters. The summed E-state index contributed by atoms with van der Waals surface area (Å²) in [7, 11) is 0. The van der Waals surface area contributed by atoms with Crippen molar-refractivity contribution in [1.82, 2.24) is 5.32 Å². The average Bonchev–Trinajstić information content (AvgIpc) is 2.43. The van der Waals surface area contributed by atoms with E-state index in [4.69, 9.17) is 9.84 Å². The molecular weight excluding hydrogens is 232 g/mol. The van der Waals surface area contributed by atoms with Crippen molar-refractivity contribution in [3.05, 3.63) is 23.8 Å². The number of rotatable bonds is 4. The molecule has 0 spiro atoms. The van der Waals surface area contributed by atoms with Crippen LogP contribution < -0.4 is 15.4 Å². The van der Waals surface area contributed by atoms with E-state index in [0.29, 0.717) is 24.3 Å². The summed E-state index contributed by atoms with van der Waals surface area (Å²) in [6.07, 6.45) is 0.691. The number of ether oxygens (including phenoxy) is 1. The lowest BCUT2D eigenvalue weighted by atomic mass is 10.1. The minimum absolute atomic E-state index is 0.0592. The van der Waals surface area contributed by atoms with Crippen LogP contribution in [0.4, 0.5) is 5.69 Å². The molecule has 0 bridgehead atoms. The second-order valence-electron chi connectivity index (χ2n) is 4.22. The molecule has 1 aliphatic rings. The third kappa shape index (κ3) is 2.56. The molecule has 0 saturated carbocycles. The Morgan fingerprint density at radius 2 is 2.44 bits per heavy atom. The molecule has 1 aliphatic heterocycles. The van der Waals surface area contributed by atoms with E-state index in [9.17, 15) is 4.79 Å². The second-order valence-corrected chi connectivity index (χ2v) is 4.22. The van der Waals surface area contributed by atoms with Gasteiger partial charge in [0.25, 0.3) is 5.91 Å². The number of benzene rings is 1. The fourth-order valence-corrected chi connectivity index (χ4v) is 1.89. The Morgan fingerprint density at radius 3 is 3.17 bits per heavy atom. The Kier molecular flexibility index (Phi) is 4.04. The molecule has 1 heterocycles. The first-order chi connectivity index (χ1) is 8.76. The third-order valence-electron chi connectivity index (χ3n) is 2.97. The van der Waals surface area contributed by atoms with Crippen molar-refractivity contribution < 1.29 is 14.6 Å². The number of hydrogen-bond acceptors (Lipinski definition) is 4. The summed E-state index contributed by atoms with van der Waals surface area (Å²) >= 11 is 0. The number of para-hydroxylation sites is 1.